The second-order valence-corrected chi connectivity index (χ2v) is 7.43. The lowest BCUT2D eigenvalue weighted by atomic mass is 9.94. The highest BCUT2D eigenvalue weighted by Gasteiger charge is 2.27. The highest BCUT2D eigenvalue weighted by molar-refractivity contribution is 6.28. The van der Waals surface area contributed by atoms with E-state index in [1.54, 1.807) is 12.3 Å². The lowest BCUT2D eigenvalue weighted by Gasteiger charge is -2.34. The first-order valence-corrected chi connectivity index (χ1v) is 8.80. The molecule has 1 amide bonds. The van der Waals surface area contributed by atoms with Crippen molar-refractivity contribution in [1.82, 2.24) is 14.9 Å². The fourth-order valence-electron chi connectivity index (χ4n) is 2.74. The van der Waals surface area contributed by atoms with Gasteiger partial charge in [-0.05, 0) is 64.0 Å². The third-order valence-electron chi connectivity index (χ3n) is 3.78. The molecule has 0 unspecified atom stereocenters. The Hall–Kier alpha value is -1.56. The lowest BCUT2D eigenvalue weighted by Crippen LogP contribution is -2.42. The monoisotopic (exact) mass is 355 g/mol. The summed E-state index contributed by atoms with van der Waals surface area (Å²) in [6.45, 7) is 7.79. The molecule has 6 nitrogen and oxygen atoms in total. The number of amides is 1. The molecule has 1 saturated heterocycles. The van der Waals surface area contributed by atoms with Crippen LogP contribution in [0.3, 0.4) is 0 Å². The number of halogens is 1. The van der Waals surface area contributed by atoms with Gasteiger partial charge in [0.1, 0.15) is 5.60 Å². The largest absolute Gasteiger partial charge is 0.478 e. The summed E-state index contributed by atoms with van der Waals surface area (Å²) < 4.78 is 11.0. The van der Waals surface area contributed by atoms with Crippen molar-refractivity contribution in [2.24, 2.45) is 5.92 Å². The first kappa shape index (κ1) is 18.8. The van der Waals surface area contributed by atoms with Gasteiger partial charge in [0.15, 0.2) is 0 Å². The summed E-state index contributed by atoms with van der Waals surface area (Å²) in [7, 11) is 0. The van der Waals surface area contributed by atoms with Crippen molar-refractivity contribution in [3.63, 3.8) is 0 Å². The summed E-state index contributed by atoms with van der Waals surface area (Å²) in [5, 5.41) is 0.188. The van der Waals surface area contributed by atoms with Crippen molar-refractivity contribution in [2.75, 3.05) is 19.7 Å². The smallest absolute Gasteiger partial charge is 0.410 e. The van der Waals surface area contributed by atoms with Crippen molar-refractivity contribution in [3.05, 3.63) is 17.5 Å². The van der Waals surface area contributed by atoms with E-state index < -0.39 is 5.60 Å². The fourth-order valence-corrected chi connectivity index (χ4v) is 2.88. The average Bonchev–Trinajstić information content (AvgIpc) is 2.50. The van der Waals surface area contributed by atoms with E-state index in [9.17, 15) is 4.79 Å². The summed E-state index contributed by atoms with van der Waals surface area (Å²) in [4.78, 5) is 21.8. The van der Waals surface area contributed by atoms with Gasteiger partial charge in [0.05, 0.1) is 6.61 Å². The molecule has 2 rings (SSSR count). The maximum absolute atomic E-state index is 12.2. The van der Waals surface area contributed by atoms with Crippen LogP contribution < -0.4 is 4.74 Å². The predicted octanol–water partition coefficient (Wildman–Crippen LogP) is 3.94. The third-order valence-corrected chi connectivity index (χ3v) is 3.96. The first-order valence-electron chi connectivity index (χ1n) is 8.43. The molecule has 134 valence electrons. The van der Waals surface area contributed by atoms with Gasteiger partial charge in [-0.25, -0.2) is 9.78 Å². The maximum Gasteiger partial charge on any atom is 0.410 e. The van der Waals surface area contributed by atoms with E-state index in [-0.39, 0.29) is 11.4 Å². The van der Waals surface area contributed by atoms with Gasteiger partial charge >= 0.3 is 6.09 Å². The second-order valence-electron chi connectivity index (χ2n) is 7.09. The molecular weight excluding hydrogens is 330 g/mol. The molecule has 7 heteroatoms. The Morgan fingerprint density at radius 2 is 2.25 bits per heavy atom. The van der Waals surface area contributed by atoms with E-state index in [1.807, 2.05) is 25.7 Å². The number of likely N-dealkylation sites (tertiary alicyclic amines) is 1. The van der Waals surface area contributed by atoms with Gasteiger partial charge in [-0.15, -0.1) is 0 Å². The van der Waals surface area contributed by atoms with Crippen molar-refractivity contribution < 1.29 is 14.3 Å². The van der Waals surface area contributed by atoms with E-state index in [1.165, 1.54) is 0 Å². The first-order chi connectivity index (χ1) is 11.3. The predicted molar refractivity (Wildman–Crippen MR) is 92.3 cm³/mol. The molecule has 0 bridgehead atoms. The maximum atomic E-state index is 12.2. The average molecular weight is 356 g/mol. The molecular formula is C17H26ClN3O3. The summed E-state index contributed by atoms with van der Waals surface area (Å²) in [5.74, 6) is 0.984. The van der Waals surface area contributed by atoms with Crippen LogP contribution >= 0.6 is 11.6 Å². The van der Waals surface area contributed by atoms with Crippen LogP contribution in [-0.2, 0) is 4.74 Å². The molecule has 24 heavy (non-hydrogen) atoms. The van der Waals surface area contributed by atoms with Crippen LogP contribution in [0.2, 0.25) is 5.28 Å². The van der Waals surface area contributed by atoms with Gasteiger partial charge in [-0.1, -0.05) is 0 Å². The van der Waals surface area contributed by atoms with Gasteiger partial charge < -0.3 is 14.4 Å². The molecule has 1 fully saturated rings. The number of rotatable bonds is 5. The summed E-state index contributed by atoms with van der Waals surface area (Å²) in [5.41, 5.74) is -0.448. The van der Waals surface area contributed by atoms with E-state index in [4.69, 9.17) is 21.1 Å². The lowest BCUT2D eigenvalue weighted by molar-refractivity contribution is 0.0159. The minimum atomic E-state index is -0.448. The molecule has 0 aromatic carbocycles. The Morgan fingerprint density at radius 3 is 2.96 bits per heavy atom. The minimum Gasteiger partial charge on any atom is -0.478 e. The van der Waals surface area contributed by atoms with E-state index in [2.05, 4.69) is 9.97 Å². The standard InChI is InChI=1S/C17H26ClN3O3/c1-17(2,3)24-16(22)21-10-4-6-13(12-21)7-5-11-23-14-8-9-19-15(18)20-14/h8-9,13H,4-7,10-12H2,1-3H3/t13-/m0/s1. The fraction of sp³-hybridized carbons (Fsp3) is 0.706. The number of carbonyl (C=O) groups excluding carboxylic acids is 1. The van der Waals surface area contributed by atoms with Crippen LogP contribution in [0.1, 0.15) is 46.5 Å². The van der Waals surface area contributed by atoms with E-state index >= 15 is 0 Å². The van der Waals surface area contributed by atoms with Gasteiger partial charge in [-0.3, -0.25) is 0 Å². The van der Waals surface area contributed by atoms with Crippen molar-refractivity contribution in [3.8, 4) is 5.88 Å². The number of hydrogen-bond donors (Lipinski definition) is 0. The number of carbonyl (C=O) groups is 1. The molecule has 1 aromatic rings. The van der Waals surface area contributed by atoms with Crippen LogP contribution in [0.4, 0.5) is 4.79 Å². The van der Waals surface area contributed by atoms with Crippen molar-refractivity contribution in [1.29, 1.82) is 0 Å². The Balaban J connectivity index is 1.70. The molecule has 0 spiro atoms. The zero-order chi connectivity index (χ0) is 17.6. The van der Waals surface area contributed by atoms with Gasteiger partial charge in [0.25, 0.3) is 0 Å². The molecule has 0 N–H and O–H groups in total. The topological polar surface area (TPSA) is 64.5 Å². The van der Waals surface area contributed by atoms with Crippen molar-refractivity contribution in [2.45, 2.75) is 52.1 Å². The molecule has 2 heterocycles. The molecule has 0 radical (unpaired) electrons. The van der Waals surface area contributed by atoms with Crippen LogP contribution in [0, 0.1) is 5.92 Å². The number of aromatic nitrogens is 2. The summed E-state index contributed by atoms with van der Waals surface area (Å²) >= 11 is 5.72. The third kappa shape index (κ3) is 6.51. The van der Waals surface area contributed by atoms with Crippen LogP contribution in [-0.4, -0.2) is 46.3 Å². The molecule has 0 aliphatic carbocycles. The Labute approximate surface area is 148 Å². The molecule has 1 atom stereocenters. The molecule has 1 aliphatic heterocycles. The molecule has 0 saturated carbocycles. The van der Waals surface area contributed by atoms with Gasteiger partial charge in [0.2, 0.25) is 11.2 Å². The van der Waals surface area contributed by atoms with E-state index in [0.717, 1.165) is 38.8 Å². The quantitative estimate of drug-likeness (QED) is 0.591. The minimum absolute atomic E-state index is 0.188. The number of hydrogen-bond acceptors (Lipinski definition) is 5. The zero-order valence-electron chi connectivity index (χ0n) is 14.6. The van der Waals surface area contributed by atoms with Gasteiger partial charge in [-0.2, -0.15) is 4.98 Å². The normalized spacial score (nSPS) is 18.3. The Bertz CT molecular complexity index is 548. The Morgan fingerprint density at radius 1 is 1.46 bits per heavy atom. The molecule has 1 aromatic heterocycles. The summed E-state index contributed by atoms with van der Waals surface area (Å²) in [6.07, 6.45) is 5.45. The second kappa shape index (κ2) is 8.51. The number of piperidine rings is 1. The van der Waals surface area contributed by atoms with Crippen LogP contribution in [0.25, 0.3) is 0 Å². The van der Waals surface area contributed by atoms with Crippen molar-refractivity contribution >= 4 is 17.7 Å². The van der Waals surface area contributed by atoms with Gasteiger partial charge in [0, 0.05) is 25.4 Å². The Kier molecular flexibility index (Phi) is 6.66. The number of ether oxygens (including phenoxy) is 2. The highest BCUT2D eigenvalue weighted by atomic mass is 35.5. The molecule has 1 aliphatic rings. The van der Waals surface area contributed by atoms with Crippen LogP contribution in [0.5, 0.6) is 5.88 Å². The van der Waals surface area contributed by atoms with E-state index in [0.29, 0.717) is 18.4 Å². The summed E-state index contributed by atoms with van der Waals surface area (Å²) in [6, 6.07) is 1.69. The number of nitrogens with zero attached hydrogens (tertiary/aromatic N) is 3. The van der Waals surface area contributed by atoms with Crippen LogP contribution in [0.15, 0.2) is 12.3 Å². The zero-order valence-corrected chi connectivity index (χ0v) is 15.4. The SMILES string of the molecule is CC(C)(C)OC(=O)N1CCC[C@@H](CCCOc2ccnc(Cl)n2)C1. The highest BCUT2D eigenvalue weighted by Crippen LogP contribution is 2.23.